The zero-order valence-corrected chi connectivity index (χ0v) is 15.4. The zero-order chi connectivity index (χ0) is 20.0. The lowest BCUT2D eigenvalue weighted by molar-refractivity contribution is -0.385. The first-order valence-electron chi connectivity index (χ1n) is 8.41. The lowest BCUT2D eigenvalue weighted by atomic mass is 10.1. The van der Waals surface area contributed by atoms with Gasteiger partial charge in [-0.05, 0) is 56.7 Å². The van der Waals surface area contributed by atoms with Gasteiger partial charge in [0.2, 0.25) is 0 Å². The van der Waals surface area contributed by atoms with Crippen LogP contribution in [0.4, 0.5) is 16.2 Å². The standard InChI is InChI=1S/C20H21N3O4/c1-13(2)21-20(25)22-17-9-7-16(8-10-17)19(24)11-6-15-5-4-14(3)18(12-15)23(26)27/h4-13H,1-3H3,(H2,21,22,25)/b11-6+. The Hall–Kier alpha value is -3.48. The van der Waals surface area contributed by atoms with E-state index in [9.17, 15) is 19.7 Å². The number of allylic oxidation sites excluding steroid dienone is 1. The summed E-state index contributed by atoms with van der Waals surface area (Å²) in [5.74, 6) is -0.239. The number of carbonyl (C=O) groups excluding carboxylic acids is 2. The molecular weight excluding hydrogens is 346 g/mol. The molecule has 2 rings (SSSR count). The maximum Gasteiger partial charge on any atom is 0.319 e. The van der Waals surface area contributed by atoms with Gasteiger partial charge in [0.15, 0.2) is 5.78 Å². The number of benzene rings is 2. The molecule has 0 saturated carbocycles. The molecular formula is C20H21N3O4. The van der Waals surface area contributed by atoms with Crippen LogP contribution in [0.5, 0.6) is 0 Å². The Kier molecular flexibility index (Phi) is 6.43. The topological polar surface area (TPSA) is 101 Å². The number of hydrogen-bond donors (Lipinski definition) is 2. The first-order chi connectivity index (χ1) is 12.8. The van der Waals surface area contributed by atoms with E-state index < -0.39 is 4.92 Å². The molecule has 0 radical (unpaired) electrons. The van der Waals surface area contributed by atoms with Gasteiger partial charge in [-0.25, -0.2) is 4.79 Å². The summed E-state index contributed by atoms with van der Waals surface area (Å²) >= 11 is 0. The van der Waals surface area contributed by atoms with E-state index in [0.717, 1.165) is 0 Å². The number of nitro benzene ring substituents is 1. The summed E-state index contributed by atoms with van der Waals surface area (Å²) in [6, 6.07) is 11.0. The molecule has 0 aliphatic heterocycles. The normalized spacial score (nSPS) is 10.8. The Morgan fingerprint density at radius 3 is 2.37 bits per heavy atom. The molecule has 0 aliphatic rings. The molecule has 2 amide bonds. The number of hydrogen-bond acceptors (Lipinski definition) is 4. The molecule has 140 valence electrons. The smallest absolute Gasteiger partial charge is 0.319 e. The van der Waals surface area contributed by atoms with Crippen LogP contribution in [0.15, 0.2) is 48.5 Å². The van der Waals surface area contributed by atoms with Crippen molar-refractivity contribution in [3.8, 4) is 0 Å². The fourth-order valence-electron chi connectivity index (χ4n) is 2.34. The summed E-state index contributed by atoms with van der Waals surface area (Å²) < 4.78 is 0. The minimum Gasteiger partial charge on any atom is -0.336 e. The maximum absolute atomic E-state index is 12.3. The van der Waals surface area contributed by atoms with Crippen molar-refractivity contribution in [2.45, 2.75) is 26.8 Å². The average Bonchev–Trinajstić information content (AvgIpc) is 2.60. The fourth-order valence-corrected chi connectivity index (χ4v) is 2.34. The third-order valence-corrected chi connectivity index (χ3v) is 3.70. The van der Waals surface area contributed by atoms with E-state index in [2.05, 4.69) is 10.6 Å². The van der Waals surface area contributed by atoms with Crippen LogP contribution in [0.2, 0.25) is 0 Å². The average molecular weight is 367 g/mol. The van der Waals surface area contributed by atoms with Gasteiger partial charge in [0.05, 0.1) is 4.92 Å². The lowest BCUT2D eigenvalue weighted by Crippen LogP contribution is -2.34. The zero-order valence-electron chi connectivity index (χ0n) is 15.4. The van der Waals surface area contributed by atoms with E-state index in [1.54, 1.807) is 43.3 Å². The number of urea groups is 1. The second-order valence-electron chi connectivity index (χ2n) is 6.33. The maximum atomic E-state index is 12.3. The Morgan fingerprint density at radius 2 is 1.78 bits per heavy atom. The second kappa shape index (κ2) is 8.75. The predicted molar refractivity (Wildman–Crippen MR) is 105 cm³/mol. The number of aryl methyl sites for hydroxylation is 1. The minimum absolute atomic E-state index is 0.0136. The van der Waals surface area contributed by atoms with Gasteiger partial charge in [-0.15, -0.1) is 0 Å². The van der Waals surface area contributed by atoms with Crippen LogP contribution in [-0.2, 0) is 0 Å². The van der Waals surface area contributed by atoms with Crippen molar-refractivity contribution in [3.63, 3.8) is 0 Å². The number of nitrogens with one attached hydrogen (secondary N) is 2. The quantitative estimate of drug-likeness (QED) is 0.343. The number of anilines is 1. The summed E-state index contributed by atoms with van der Waals surface area (Å²) in [5.41, 5.74) is 2.17. The van der Waals surface area contributed by atoms with Gasteiger partial charge in [-0.1, -0.05) is 18.2 Å². The van der Waals surface area contributed by atoms with Crippen molar-refractivity contribution in [3.05, 3.63) is 75.3 Å². The summed E-state index contributed by atoms with van der Waals surface area (Å²) in [5, 5.41) is 16.4. The third kappa shape index (κ3) is 5.78. The highest BCUT2D eigenvalue weighted by molar-refractivity contribution is 6.07. The summed E-state index contributed by atoms with van der Waals surface area (Å²) in [6.07, 6.45) is 2.90. The van der Waals surface area contributed by atoms with E-state index in [4.69, 9.17) is 0 Å². The van der Waals surface area contributed by atoms with E-state index in [1.165, 1.54) is 18.2 Å². The van der Waals surface area contributed by atoms with Crippen LogP contribution in [0.1, 0.15) is 35.3 Å². The number of amides is 2. The molecule has 2 N–H and O–H groups in total. The van der Waals surface area contributed by atoms with E-state index in [1.807, 2.05) is 13.8 Å². The minimum atomic E-state index is -0.449. The first kappa shape index (κ1) is 19.8. The molecule has 7 heteroatoms. The molecule has 0 fully saturated rings. The highest BCUT2D eigenvalue weighted by atomic mass is 16.6. The van der Waals surface area contributed by atoms with Crippen LogP contribution in [0.3, 0.4) is 0 Å². The van der Waals surface area contributed by atoms with Crippen LogP contribution in [-0.4, -0.2) is 22.8 Å². The summed E-state index contributed by atoms with van der Waals surface area (Å²) in [4.78, 5) is 34.4. The van der Waals surface area contributed by atoms with Crippen molar-refractivity contribution in [2.75, 3.05) is 5.32 Å². The van der Waals surface area contributed by atoms with Gasteiger partial charge in [-0.2, -0.15) is 0 Å². The van der Waals surface area contributed by atoms with Crippen molar-refractivity contribution in [2.24, 2.45) is 0 Å². The van der Waals surface area contributed by atoms with Gasteiger partial charge >= 0.3 is 6.03 Å². The van der Waals surface area contributed by atoms with E-state index >= 15 is 0 Å². The van der Waals surface area contributed by atoms with Crippen molar-refractivity contribution in [1.82, 2.24) is 5.32 Å². The van der Waals surface area contributed by atoms with Gasteiger partial charge in [0.1, 0.15) is 0 Å². The highest BCUT2D eigenvalue weighted by Gasteiger charge is 2.10. The molecule has 0 heterocycles. The SMILES string of the molecule is Cc1ccc(/C=C/C(=O)c2ccc(NC(=O)NC(C)C)cc2)cc1[N+](=O)[O-]. The Balaban J connectivity index is 2.06. The molecule has 0 aromatic heterocycles. The number of rotatable bonds is 6. The summed E-state index contributed by atoms with van der Waals surface area (Å²) in [7, 11) is 0. The predicted octanol–water partition coefficient (Wildman–Crippen LogP) is 4.33. The molecule has 0 saturated heterocycles. The number of nitro groups is 1. The molecule has 0 atom stereocenters. The molecule has 27 heavy (non-hydrogen) atoms. The Labute approximate surface area is 157 Å². The molecule has 7 nitrogen and oxygen atoms in total. The van der Waals surface area contributed by atoms with Crippen molar-refractivity contribution >= 4 is 29.3 Å². The largest absolute Gasteiger partial charge is 0.336 e. The third-order valence-electron chi connectivity index (χ3n) is 3.70. The van der Waals surface area contributed by atoms with Crippen molar-refractivity contribution in [1.29, 1.82) is 0 Å². The van der Waals surface area contributed by atoms with Crippen LogP contribution in [0.25, 0.3) is 6.08 Å². The van der Waals surface area contributed by atoms with Gasteiger partial charge in [0, 0.05) is 28.9 Å². The van der Waals surface area contributed by atoms with Gasteiger partial charge < -0.3 is 10.6 Å². The Morgan fingerprint density at radius 1 is 1.11 bits per heavy atom. The molecule has 0 unspecified atom stereocenters. The molecule has 0 bridgehead atoms. The van der Waals surface area contributed by atoms with Gasteiger partial charge in [-0.3, -0.25) is 14.9 Å². The van der Waals surface area contributed by atoms with Crippen LogP contribution >= 0.6 is 0 Å². The Bertz CT molecular complexity index is 887. The monoisotopic (exact) mass is 367 g/mol. The van der Waals surface area contributed by atoms with Crippen molar-refractivity contribution < 1.29 is 14.5 Å². The number of carbonyl (C=O) groups is 2. The molecule has 0 aliphatic carbocycles. The summed E-state index contributed by atoms with van der Waals surface area (Å²) in [6.45, 7) is 5.38. The van der Waals surface area contributed by atoms with E-state index in [0.29, 0.717) is 22.4 Å². The number of nitrogens with zero attached hydrogens (tertiary/aromatic N) is 1. The highest BCUT2D eigenvalue weighted by Crippen LogP contribution is 2.20. The first-order valence-corrected chi connectivity index (χ1v) is 8.41. The second-order valence-corrected chi connectivity index (χ2v) is 6.33. The lowest BCUT2D eigenvalue weighted by Gasteiger charge is -2.10. The molecule has 2 aromatic rings. The number of ketones is 1. The van der Waals surface area contributed by atoms with Crippen LogP contribution < -0.4 is 10.6 Å². The van der Waals surface area contributed by atoms with E-state index in [-0.39, 0.29) is 23.5 Å². The molecule has 0 spiro atoms. The fraction of sp³-hybridized carbons (Fsp3) is 0.200. The van der Waals surface area contributed by atoms with Gasteiger partial charge in [0.25, 0.3) is 5.69 Å². The van der Waals surface area contributed by atoms with Crippen LogP contribution in [0, 0.1) is 17.0 Å². The molecule has 2 aromatic carbocycles.